The van der Waals surface area contributed by atoms with E-state index >= 15 is 0 Å². The van der Waals surface area contributed by atoms with Crippen molar-refractivity contribution < 1.29 is 5.11 Å². The zero-order valence-corrected chi connectivity index (χ0v) is 19.9. The lowest BCUT2D eigenvalue weighted by Crippen LogP contribution is -2.24. The van der Waals surface area contributed by atoms with Gasteiger partial charge in [0.2, 0.25) is 0 Å². The van der Waals surface area contributed by atoms with Gasteiger partial charge in [0.05, 0.1) is 34.6 Å². The second kappa shape index (κ2) is 8.90. The predicted octanol–water partition coefficient (Wildman–Crippen LogP) is 5.62. The Morgan fingerprint density at radius 1 is 0.833 bits per heavy atom. The van der Waals surface area contributed by atoms with E-state index in [-0.39, 0.29) is 5.92 Å². The minimum atomic E-state index is -0.645. The van der Waals surface area contributed by atoms with Crippen LogP contribution in [0.4, 0.5) is 5.69 Å². The number of nitrogens with one attached hydrogen (secondary N) is 3. The van der Waals surface area contributed by atoms with E-state index in [1.807, 2.05) is 62.6 Å². The summed E-state index contributed by atoms with van der Waals surface area (Å²) in [5, 5.41) is 22.0. The van der Waals surface area contributed by atoms with Crippen molar-refractivity contribution in [2.75, 3.05) is 5.32 Å². The lowest BCUT2D eigenvalue weighted by atomic mass is 10.0. The van der Waals surface area contributed by atoms with Crippen molar-refractivity contribution in [1.29, 1.82) is 0 Å². The molecule has 4 N–H and O–H groups in total. The predicted molar refractivity (Wildman–Crippen MR) is 142 cm³/mol. The van der Waals surface area contributed by atoms with Crippen LogP contribution in [0.25, 0.3) is 55.7 Å². The van der Waals surface area contributed by atoms with Gasteiger partial charge in [-0.1, -0.05) is 50.2 Å². The molecule has 0 saturated heterocycles. The number of imidazole rings is 1. The van der Waals surface area contributed by atoms with E-state index in [2.05, 4.69) is 48.7 Å². The first kappa shape index (κ1) is 21.9. The highest BCUT2D eigenvalue weighted by molar-refractivity contribution is 5.98. The molecule has 2 aromatic carbocycles. The highest BCUT2D eigenvalue weighted by Crippen LogP contribution is 2.33. The van der Waals surface area contributed by atoms with E-state index in [1.54, 1.807) is 12.4 Å². The van der Waals surface area contributed by atoms with Crippen molar-refractivity contribution in [2.45, 2.75) is 20.1 Å². The van der Waals surface area contributed by atoms with Gasteiger partial charge in [-0.2, -0.15) is 5.10 Å². The highest BCUT2D eigenvalue weighted by Gasteiger charge is 2.16. The maximum Gasteiger partial charge on any atom is 0.159 e. The van der Waals surface area contributed by atoms with Crippen molar-refractivity contribution >= 4 is 27.6 Å². The summed E-state index contributed by atoms with van der Waals surface area (Å²) in [5.41, 5.74) is 8.07. The number of H-pyrrole nitrogens is 2. The summed E-state index contributed by atoms with van der Waals surface area (Å²) < 4.78 is 0. The minimum Gasteiger partial charge on any atom is -0.374 e. The van der Waals surface area contributed by atoms with Gasteiger partial charge in [0.25, 0.3) is 0 Å². The molecule has 36 heavy (non-hydrogen) atoms. The Hall–Kier alpha value is -4.56. The molecule has 0 amide bonds. The van der Waals surface area contributed by atoms with Crippen LogP contribution in [0.3, 0.4) is 0 Å². The van der Waals surface area contributed by atoms with E-state index in [9.17, 15) is 5.11 Å². The molecule has 6 rings (SSSR count). The summed E-state index contributed by atoms with van der Waals surface area (Å²) in [4.78, 5) is 17.1. The van der Waals surface area contributed by atoms with Crippen LogP contribution in [-0.4, -0.2) is 41.5 Å². The molecule has 0 aliphatic rings. The van der Waals surface area contributed by atoms with E-state index < -0.39 is 6.23 Å². The number of nitrogens with zero attached hydrogens (tertiary/aromatic N) is 4. The zero-order chi connectivity index (χ0) is 24.6. The van der Waals surface area contributed by atoms with Gasteiger partial charge in [0.1, 0.15) is 11.9 Å². The summed E-state index contributed by atoms with van der Waals surface area (Å²) in [7, 11) is 0. The van der Waals surface area contributed by atoms with Crippen molar-refractivity contribution in [1.82, 2.24) is 30.1 Å². The fraction of sp³-hybridized carbons (Fsp3) is 0.143. The molecule has 0 aliphatic heterocycles. The number of rotatable bonds is 6. The molecule has 0 fully saturated rings. The van der Waals surface area contributed by atoms with Crippen LogP contribution >= 0.6 is 0 Å². The van der Waals surface area contributed by atoms with Crippen molar-refractivity contribution in [3.8, 4) is 33.8 Å². The van der Waals surface area contributed by atoms with Crippen LogP contribution in [0, 0.1) is 5.92 Å². The number of hydrogen-bond acceptors (Lipinski definition) is 6. The van der Waals surface area contributed by atoms with Crippen molar-refractivity contribution in [3.05, 3.63) is 79.4 Å². The average Bonchev–Trinajstić information content (AvgIpc) is 3.53. The van der Waals surface area contributed by atoms with Crippen LogP contribution in [0.2, 0.25) is 0 Å². The average molecular weight is 476 g/mol. The Morgan fingerprint density at radius 2 is 1.67 bits per heavy atom. The lowest BCUT2D eigenvalue weighted by Gasteiger charge is -2.17. The molecule has 1 unspecified atom stereocenters. The number of pyridine rings is 2. The van der Waals surface area contributed by atoms with Crippen molar-refractivity contribution in [3.63, 3.8) is 0 Å². The van der Waals surface area contributed by atoms with Gasteiger partial charge in [-0.3, -0.25) is 15.1 Å². The molecule has 0 bridgehead atoms. The molecule has 178 valence electrons. The number of fused-ring (bicyclic) bond motifs is 2. The van der Waals surface area contributed by atoms with E-state index in [4.69, 9.17) is 4.98 Å². The van der Waals surface area contributed by atoms with Gasteiger partial charge in [-0.25, -0.2) is 4.98 Å². The largest absolute Gasteiger partial charge is 0.374 e. The molecule has 4 aromatic heterocycles. The van der Waals surface area contributed by atoms with E-state index in [0.29, 0.717) is 5.82 Å². The van der Waals surface area contributed by atoms with E-state index in [0.717, 1.165) is 55.6 Å². The summed E-state index contributed by atoms with van der Waals surface area (Å²) in [6.07, 6.45) is 6.51. The Balaban J connectivity index is 1.41. The van der Waals surface area contributed by atoms with Gasteiger partial charge in [0, 0.05) is 28.9 Å². The summed E-state index contributed by atoms with van der Waals surface area (Å²) in [5.74, 6) is 0.757. The molecule has 1 atom stereocenters. The molecule has 4 heterocycles. The second-order valence-corrected chi connectivity index (χ2v) is 9.16. The van der Waals surface area contributed by atoms with Crippen LogP contribution in [-0.2, 0) is 0 Å². The number of aromatic nitrogens is 6. The van der Waals surface area contributed by atoms with Gasteiger partial charge in [-0.15, -0.1) is 0 Å². The van der Waals surface area contributed by atoms with Crippen LogP contribution in [0.15, 0.2) is 79.4 Å². The first-order chi connectivity index (χ1) is 17.6. The number of aromatic amines is 2. The van der Waals surface area contributed by atoms with Gasteiger partial charge in [-0.05, 0) is 35.2 Å². The topological polar surface area (TPSA) is 115 Å². The standard InChI is InChI=1S/C28H25N7O/c1-16(2)28(36)31-20-10-19(12-29-13-20)18-8-9-23-21(11-18)26(35-34-23)27-32-24-15-30-14-22(25(24)33-27)17-6-4-3-5-7-17/h3-16,28,31,36H,1-2H3,(H,32,33)(H,34,35). The van der Waals surface area contributed by atoms with Crippen molar-refractivity contribution in [2.24, 2.45) is 5.92 Å². The molecule has 0 spiro atoms. The molecule has 0 radical (unpaired) electrons. The fourth-order valence-electron chi connectivity index (χ4n) is 4.26. The second-order valence-electron chi connectivity index (χ2n) is 9.16. The number of hydrogen-bond donors (Lipinski definition) is 4. The van der Waals surface area contributed by atoms with Gasteiger partial charge >= 0.3 is 0 Å². The molecule has 8 nitrogen and oxygen atoms in total. The minimum absolute atomic E-state index is 0.0833. The smallest absolute Gasteiger partial charge is 0.159 e. The monoisotopic (exact) mass is 475 g/mol. The summed E-state index contributed by atoms with van der Waals surface area (Å²) in [6.45, 7) is 3.92. The maximum atomic E-state index is 10.2. The van der Waals surface area contributed by atoms with Crippen LogP contribution in [0.5, 0.6) is 0 Å². The highest BCUT2D eigenvalue weighted by atomic mass is 16.3. The molecule has 6 aromatic rings. The quantitative estimate of drug-likeness (QED) is 0.233. The Kier molecular flexibility index (Phi) is 5.42. The normalized spacial score (nSPS) is 12.4. The van der Waals surface area contributed by atoms with Gasteiger partial charge in [0.15, 0.2) is 5.82 Å². The summed E-state index contributed by atoms with van der Waals surface area (Å²) in [6, 6.07) is 18.2. The zero-order valence-electron chi connectivity index (χ0n) is 19.9. The Bertz CT molecular complexity index is 1670. The third kappa shape index (κ3) is 3.97. The van der Waals surface area contributed by atoms with E-state index in [1.165, 1.54) is 0 Å². The number of benzene rings is 2. The fourth-order valence-corrected chi connectivity index (χ4v) is 4.26. The third-order valence-electron chi connectivity index (χ3n) is 6.28. The molecule has 0 saturated carbocycles. The Labute approximate surface area is 207 Å². The third-order valence-corrected chi connectivity index (χ3v) is 6.28. The first-order valence-electron chi connectivity index (χ1n) is 11.8. The SMILES string of the molecule is CC(C)C(O)Nc1cncc(-c2ccc3[nH]nc(-c4nc5c(-c6ccccc6)cncc5[nH]4)c3c2)c1. The first-order valence-corrected chi connectivity index (χ1v) is 11.8. The molecule has 0 aliphatic carbocycles. The Morgan fingerprint density at radius 3 is 2.50 bits per heavy atom. The number of anilines is 1. The summed E-state index contributed by atoms with van der Waals surface area (Å²) >= 11 is 0. The van der Waals surface area contributed by atoms with Gasteiger partial charge < -0.3 is 15.4 Å². The van der Waals surface area contributed by atoms with Crippen LogP contribution < -0.4 is 5.32 Å². The van der Waals surface area contributed by atoms with Crippen LogP contribution in [0.1, 0.15) is 13.8 Å². The maximum absolute atomic E-state index is 10.2. The molecular weight excluding hydrogens is 450 g/mol. The number of aliphatic hydroxyl groups excluding tert-OH is 1. The lowest BCUT2D eigenvalue weighted by molar-refractivity contribution is 0.153. The molecule has 8 heteroatoms. The number of aliphatic hydroxyl groups is 1. The molecular formula is C28H25N7O.